The zero-order valence-electron chi connectivity index (χ0n) is 18.9. The topological polar surface area (TPSA) is 136 Å². The van der Waals surface area contributed by atoms with Gasteiger partial charge in [-0.25, -0.2) is 4.79 Å². The fourth-order valence-electron chi connectivity index (χ4n) is 3.58. The number of nitrogen functional groups attached to an aromatic ring is 1. The molecule has 4 rings (SSSR count). The molecule has 3 aromatic rings. The standard InChI is InChI=1S/C22H24N6O5S/c1-5-10-28-19(15-11-32-13-8-6-7-9-14(13)33-15)24-25-21(28)34-12(2)17(29)16-18(23)26(3)22(31)27(4)20(16)30/h5-9,12,15H,1,10-11,23H2,2-4H3. The first-order valence-electron chi connectivity index (χ1n) is 10.4. The second-order valence-electron chi connectivity index (χ2n) is 7.69. The van der Waals surface area contributed by atoms with Gasteiger partial charge in [0.05, 0.1) is 5.25 Å². The number of thioether (sulfide) groups is 1. The van der Waals surface area contributed by atoms with Crippen LogP contribution in [-0.4, -0.2) is 41.5 Å². The summed E-state index contributed by atoms with van der Waals surface area (Å²) in [5, 5.41) is 8.23. The van der Waals surface area contributed by atoms with Gasteiger partial charge in [-0.2, -0.15) is 0 Å². The number of carbonyl (C=O) groups excluding carboxylic acids is 1. The fraction of sp³-hybridized carbons (Fsp3) is 0.318. The predicted molar refractivity (Wildman–Crippen MR) is 127 cm³/mol. The first-order chi connectivity index (χ1) is 16.2. The van der Waals surface area contributed by atoms with Crippen molar-refractivity contribution in [3.05, 3.63) is 69.1 Å². The summed E-state index contributed by atoms with van der Waals surface area (Å²) < 4.78 is 15.6. The molecule has 1 aliphatic heterocycles. The molecule has 0 fully saturated rings. The Bertz CT molecular complexity index is 1390. The highest BCUT2D eigenvalue weighted by atomic mass is 32.2. The minimum absolute atomic E-state index is 0.176. The van der Waals surface area contributed by atoms with Crippen LogP contribution in [0.2, 0.25) is 0 Å². The Morgan fingerprint density at radius 1 is 1.26 bits per heavy atom. The van der Waals surface area contributed by atoms with Crippen molar-refractivity contribution in [2.45, 2.75) is 30.0 Å². The maximum atomic E-state index is 13.2. The van der Waals surface area contributed by atoms with E-state index in [2.05, 4.69) is 16.8 Å². The number of Topliss-reactive ketones (excluding diaryl/α,β-unsaturated/α-hetero) is 1. The first kappa shape index (κ1) is 23.4. The van der Waals surface area contributed by atoms with E-state index in [4.69, 9.17) is 15.2 Å². The van der Waals surface area contributed by atoms with Crippen LogP contribution in [0.25, 0.3) is 0 Å². The largest absolute Gasteiger partial charge is 0.485 e. The van der Waals surface area contributed by atoms with Crippen LogP contribution in [-0.2, 0) is 20.6 Å². The normalized spacial score (nSPS) is 15.7. The molecule has 34 heavy (non-hydrogen) atoms. The molecule has 3 heterocycles. The molecule has 0 aliphatic carbocycles. The molecule has 1 aliphatic rings. The van der Waals surface area contributed by atoms with E-state index in [1.54, 1.807) is 17.6 Å². The Morgan fingerprint density at radius 2 is 1.97 bits per heavy atom. The third-order valence-corrected chi connectivity index (χ3v) is 6.54. The van der Waals surface area contributed by atoms with Gasteiger partial charge in [-0.3, -0.25) is 23.3 Å². The molecule has 11 nitrogen and oxygen atoms in total. The lowest BCUT2D eigenvalue weighted by Gasteiger charge is -2.26. The van der Waals surface area contributed by atoms with Gasteiger partial charge in [-0.05, 0) is 19.1 Å². The van der Waals surface area contributed by atoms with Gasteiger partial charge in [0, 0.05) is 20.6 Å². The van der Waals surface area contributed by atoms with Gasteiger partial charge in [-0.15, -0.1) is 16.8 Å². The molecule has 178 valence electrons. The lowest BCUT2D eigenvalue weighted by Crippen LogP contribution is -2.42. The van der Waals surface area contributed by atoms with E-state index in [1.807, 2.05) is 24.3 Å². The average molecular weight is 485 g/mol. The van der Waals surface area contributed by atoms with E-state index in [-0.39, 0.29) is 18.0 Å². The molecule has 2 atom stereocenters. The molecule has 0 bridgehead atoms. The smallest absolute Gasteiger partial charge is 0.332 e. The number of aromatic nitrogens is 5. The Balaban J connectivity index is 1.62. The van der Waals surface area contributed by atoms with Crippen molar-refractivity contribution >= 4 is 23.4 Å². The second-order valence-corrected chi connectivity index (χ2v) is 9.00. The number of allylic oxidation sites excluding steroid dienone is 1. The number of carbonyl (C=O) groups is 1. The summed E-state index contributed by atoms with van der Waals surface area (Å²) in [6.07, 6.45) is 1.18. The Hall–Kier alpha value is -3.80. The number of hydrogen-bond donors (Lipinski definition) is 1. The van der Waals surface area contributed by atoms with Crippen LogP contribution < -0.4 is 26.5 Å². The number of nitrogens with two attached hydrogens (primary N) is 1. The van der Waals surface area contributed by atoms with Crippen LogP contribution in [0.4, 0.5) is 5.82 Å². The number of fused-ring (bicyclic) bond motifs is 1. The van der Waals surface area contributed by atoms with E-state index in [0.717, 1.165) is 20.9 Å². The monoisotopic (exact) mass is 484 g/mol. The number of nitrogens with zero attached hydrogens (tertiary/aromatic N) is 5. The predicted octanol–water partition coefficient (Wildman–Crippen LogP) is 1.32. The fourth-order valence-corrected chi connectivity index (χ4v) is 4.50. The number of hydrogen-bond acceptors (Lipinski definition) is 9. The van der Waals surface area contributed by atoms with Crippen molar-refractivity contribution in [3.8, 4) is 11.5 Å². The van der Waals surface area contributed by atoms with Gasteiger partial charge in [-0.1, -0.05) is 30.0 Å². The summed E-state index contributed by atoms with van der Waals surface area (Å²) in [7, 11) is 2.71. The number of para-hydroxylation sites is 2. The molecule has 0 spiro atoms. The minimum atomic E-state index is -0.739. The van der Waals surface area contributed by atoms with Crippen molar-refractivity contribution in [1.82, 2.24) is 23.9 Å². The third-order valence-electron chi connectivity index (χ3n) is 5.46. The van der Waals surface area contributed by atoms with E-state index >= 15 is 0 Å². The molecule has 0 radical (unpaired) electrons. The number of ketones is 1. The maximum Gasteiger partial charge on any atom is 0.332 e. The van der Waals surface area contributed by atoms with Gasteiger partial charge >= 0.3 is 5.69 Å². The SMILES string of the molecule is C=CCn1c(SC(C)C(=O)c2c(N)n(C)c(=O)n(C)c2=O)nnc1C1COc2ccccc2O1. The van der Waals surface area contributed by atoms with E-state index in [9.17, 15) is 14.4 Å². The van der Waals surface area contributed by atoms with Crippen molar-refractivity contribution in [3.63, 3.8) is 0 Å². The van der Waals surface area contributed by atoms with Crippen LogP contribution in [0.1, 0.15) is 29.2 Å². The van der Waals surface area contributed by atoms with Gasteiger partial charge in [0.2, 0.25) is 0 Å². The molecular weight excluding hydrogens is 460 g/mol. The summed E-state index contributed by atoms with van der Waals surface area (Å²) in [6.45, 7) is 6.05. The molecule has 12 heteroatoms. The van der Waals surface area contributed by atoms with Gasteiger partial charge < -0.3 is 15.2 Å². The van der Waals surface area contributed by atoms with Crippen LogP contribution in [0.5, 0.6) is 11.5 Å². The van der Waals surface area contributed by atoms with Crippen molar-refractivity contribution < 1.29 is 14.3 Å². The van der Waals surface area contributed by atoms with E-state index in [0.29, 0.717) is 29.0 Å². The summed E-state index contributed by atoms with van der Waals surface area (Å²) in [6, 6.07) is 7.34. The zero-order chi connectivity index (χ0) is 24.6. The molecule has 0 saturated carbocycles. The lowest BCUT2D eigenvalue weighted by molar-refractivity contribution is 0.0821. The molecule has 2 aromatic heterocycles. The highest BCUT2D eigenvalue weighted by Gasteiger charge is 2.31. The zero-order valence-corrected chi connectivity index (χ0v) is 19.7. The second kappa shape index (κ2) is 9.21. The molecular formula is C22H24N6O5S. The quantitative estimate of drug-likeness (QED) is 0.299. The van der Waals surface area contributed by atoms with Crippen LogP contribution in [0, 0.1) is 0 Å². The number of benzene rings is 1. The van der Waals surface area contributed by atoms with Crippen LogP contribution in [0.15, 0.2) is 51.7 Å². The third kappa shape index (κ3) is 4.00. The number of rotatable bonds is 7. The molecule has 0 amide bonds. The Morgan fingerprint density at radius 3 is 2.68 bits per heavy atom. The first-order valence-corrected chi connectivity index (χ1v) is 11.3. The highest BCUT2D eigenvalue weighted by Crippen LogP contribution is 2.36. The summed E-state index contributed by atoms with van der Waals surface area (Å²) in [5.41, 5.74) is 4.37. The lowest BCUT2D eigenvalue weighted by atomic mass is 10.1. The number of ether oxygens (including phenoxy) is 2. The molecule has 1 aromatic carbocycles. The van der Waals surface area contributed by atoms with E-state index in [1.165, 1.54) is 14.1 Å². The Labute approximate surface area is 198 Å². The van der Waals surface area contributed by atoms with Crippen molar-refractivity contribution in [2.75, 3.05) is 12.3 Å². The van der Waals surface area contributed by atoms with E-state index < -0.39 is 28.4 Å². The minimum Gasteiger partial charge on any atom is -0.485 e. The van der Waals surface area contributed by atoms with Crippen LogP contribution in [0.3, 0.4) is 0 Å². The summed E-state index contributed by atoms with van der Waals surface area (Å²) in [4.78, 5) is 37.8. The van der Waals surface area contributed by atoms with Crippen molar-refractivity contribution in [2.24, 2.45) is 14.1 Å². The number of anilines is 1. The molecule has 2 N–H and O–H groups in total. The molecule has 2 unspecified atom stereocenters. The van der Waals surface area contributed by atoms with Gasteiger partial charge in [0.15, 0.2) is 34.4 Å². The van der Waals surface area contributed by atoms with Gasteiger partial charge in [0.25, 0.3) is 5.56 Å². The highest BCUT2D eigenvalue weighted by molar-refractivity contribution is 8.00. The van der Waals surface area contributed by atoms with Gasteiger partial charge in [0.1, 0.15) is 18.0 Å². The van der Waals surface area contributed by atoms with Crippen LogP contribution >= 0.6 is 11.8 Å². The van der Waals surface area contributed by atoms with Crippen molar-refractivity contribution in [1.29, 1.82) is 0 Å². The summed E-state index contributed by atoms with van der Waals surface area (Å²) in [5.74, 6) is 1.09. The average Bonchev–Trinajstić information content (AvgIpc) is 3.23. The summed E-state index contributed by atoms with van der Waals surface area (Å²) >= 11 is 1.12. The Kier molecular flexibility index (Phi) is 6.33. The maximum absolute atomic E-state index is 13.2. The molecule has 0 saturated heterocycles.